The molecule has 1 atom stereocenters. The second-order valence-corrected chi connectivity index (χ2v) is 10.1. The maximum absolute atomic E-state index is 12.5. The Hall–Kier alpha value is -1.70. The lowest BCUT2D eigenvalue weighted by Gasteiger charge is -2.31. The molecule has 0 unspecified atom stereocenters. The van der Waals surface area contributed by atoms with Crippen LogP contribution in [0.5, 0.6) is 0 Å². The molecule has 1 N–H and O–H groups in total. The first-order chi connectivity index (χ1) is 14.9. The summed E-state index contributed by atoms with van der Waals surface area (Å²) in [6, 6.07) is 7.87. The van der Waals surface area contributed by atoms with E-state index in [4.69, 9.17) is 16.0 Å². The van der Waals surface area contributed by atoms with Gasteiger partial charge in [-0.1, -0.05) is 30.9 Å². The average molecular weight is 466 g/mol. The summed E-state index contributed by atoms with van der Waals surface area (Å²) in [5, 5.41) is 3.53. The molecule has 1 saturated carbocycles. The maximum atomic E-state index is 12.5. The molecule has 1 aromatic carbocycles. The van der Waals surface area contributed by atoms with Crippen molar-refractivity contribution in [3.05, 3.63) is 40.7 Å². The number of rotatable bonds is 10. The van der Waals surface area contributed by atoms with Gasteiger partial charge >= 0.3 is 0 Å². The number of nitrogens with one attached hydrogen (secondary N) is 1. The molecule has 1 aliphatic rings. The van der Waals surface area contributed by atoms with E-state index in [1.807, 2.05) is 12.1 Å². The van der Waals surface area contributed by atoms with Gasteiger partial charge < -0.3 is 14.6 Å². The van der Waals surface area contributed by atoms with Crippen LogP contribution in [0.4, 0.5) is 0 Å². The number of aromatic nitrogens is 1. The Kier molecular flexibility index (Phi) is 9.11. The Morgan fingerprint density at radius 1 is 1.26 bits per heavy atom. The van der Waals surface area contributed by atoms with Gasteiger partial charge in [-0.25, -0.2) is 4.98 Å². The first-order valence-electron chi connectivity index (χ1n) is 11.0. The van der Waals surface area contributed by atoms with E-state index >= 15 is 0 Å². The van der Waals surface area contributed by atoms with Crippen molar-refractivity contribution in [1.82, 2.24) is 15.2 Å². The Morgan fingerprint density at radius 3 is 2.68 bits per heavy atom. The number of carbonyl (C=O) groups is 1. The summed E-state index contributed by atoms with van der Waals surface area (Å²) in [6.07, 6.45) is 7.46. The van der Waals surface area contributed by atoms with Crippen molar-refractivity contribution in [2.75, 3.05) is 25.9 Å². The zero-order valence-electron chi connectivity index (χ0n) is 18.4. The predicted molar refractivity (Wildman–Crippen MR) is 126 cm³/mol. The minimum Gasteiger partial charge on any atom is -0.441 e. The van der Waals surface area contributed by atoms with Crippen molar-refractivity contribution >= 4 is 28.3 Å². The fourth-order valence-electron chi connectivity index (χ4n) is 3.94. The molecule has 1 heterocycles. The molecule has 0 spiro atoms. The van der Waals surface area contributed by atoms with Gasteiger partial charge in [-0.05, 0) is 64.0 Å². The molecular weight excluding hydrogens is 434 g/mol. The average Bonchev–Trinajstić information content (AvgIpc) is 3.12. The summed E-state index contributed by atoms with van der Waals surface area (Å²) in [7, 11) is 0.830. The van der Waals surface area contributed by atoms with Crippen LogP contribution in [-0.4, -0.2) is 51.9 Å². The number of aryl methyl sites for hydroxylation is 1. The minimum absolute atomic E-state index is 0.0267. The van der Waals surface area contributed by atoms with Gasteiger partial charge in [0.05, 0.1) is 11.4 Å². The number of oxazole rings is 1. The first kappa shape index (κ1) is 24.0. The van der Waals surface area contributed by atoms with Crippen molar-refractivity contribution in [2.24, 2.45) is 0 Å². The first-order valence-corrected chi connectivity index (χ1v) is 12.8. The van der Waals surface area contributed by atoms with Gasteiger partial charge in [0.25, 0.3) is 0 Å². The predicted octanol–water partition coefficient (Wildman–Crippen LogP) is 4.32. The highest BCUT2D eigenvalue weighted by Crippen LogP contribution is 2.24. The minimum atomic E-state index is -1.34. The third-order valence-corrected chi connectivity index (χ3v) is 7.21. The summed E-state index contributed by atoms with van der Waals surface area (Å²) in [5.41, 5.74) is 1.42. The van der Waals surface area contributed by atoms with Crippen LogP contribution in [0.3, 0.4) is 0 Å². The number of nitrogens with zero attached hydrogens (tertiary/aromatic N) is 2. The van der Waals surface area contributed by atoms with Crippen molar-refractivity contribution in [3.63, 3.8) is 0 Å². The van der Waals surface area contributed by atoms with Crippen LogP contribution in [0.25, 0.3) is 11.5 Å². The van der Waals surface area contributed by atoms with Crippen LogP contribution in [0, 0.1) is 6.92 Å². The number of halogens is 1. The Morgan fingerprint density at radius 2 is 1.97 bits per heavy atom. The van der Waals surface area contributed by atoms with Gasteiger partial charge in [0.1, 0.15) is 11.5 Å². The fraction of sp³-hybridized carbons (Fsp3) is 0.565. The summed E-state index contributed by atoms with van der Waals surface area (Å²) in [6.45, 7) is 3.37. The molecule has 3 rings (SSSR count). The van der Waals surface area contributed by atoms with E-state index in [0.29, 0.717) is 35.0 Å². The lowest BCUT2D eigenvalue weighted by molar-refractivity contribution is -0.118. The third-order valence-electron chi connectivity index (χ3n) is 5.78. The van der Waals surface area contributed by atoms with Crippen LogP contribution in [0.1, 0.15) is 50.0 Å². The molecule has 1 aromatic heterocycles. The normalized spacial score (nSPS) is 15.9. The monoisotopic (exact) mass is 465 g/mol. The molecule has 1 fully saturated rings. The van der Waals surface area contributed by atoms with Crippen molar-refractivity contribution < 1.29 is 13.4 Å². The van der Waals surface area contributed by atoms with E-state index in [1.165, 1.54) is 32.1 Å². The van der Waals surface area contributed by atoms with E-state index < -0.39 is 10.8 Å². The molecule has 0 saturated heterocycles. The highest BCUT2D eigenvalue weighted by atomic mass is 35.5. The van der Waals surface area contributed by atoms with Gasteiger partial charge in [-0.3, -0.25) is 9.00 Å². The standard InChI is InChI=1S/C23H32ClN3O3S/c1-17-21(26-23(30-17)18-9-11-19(24)12-10-18)15-31(29)16-22(28)25-13-6-14-27(2)20-7-4-3-5-8-20/h9-12,20H,3-8,13-16H2,1-2H3,(H,25,28)/t31-/m1/s1. The van der Waals surface area contributed by atoms with E-state index in [0.717, 1.165) is 18.5 Å². The molecule has 8 heteroatoms. The zero-order valence-corrected chi connectivity index (χ0v) is 19.9. The number of hydrogen-bond acceptors (Lipinski definition) is 5. The Labute approximate surface area is 192 Å². The van der Waals surface area contributed by atoms with Crippen molar-refractivity contribution in [1.29, 1.82) is 0 Å². The molecule has 1 aliphatic carbocycles. The van der Waals surface area contributed by atoms with Gasteiger partial charge in [0, 0.05) is 34.0 Å². The fourth-order valence-corrected chi connectivity index (χ4v) is 5.13. The quantitative estimate of drug-likeness (QED) is 0.529. The third kappa shape index (κ3) is 7.44. The lowest BCUT2D eigenvalue weighted by atomic mass is 9.94. The lowest BCUT2D eigenvalue weighted by Crippen LogP contribution is -2.36. The smallest absolute Gasteiger partial charge is 0.232 e. The van der Waals surface area contributed by atoms with E-state index in [9.17, 15) is 9.00 Å². The highest BCUT2D eigenvalue weighted by Gasteiger charge is 2.18. The summed E-state index contributed by atoms with van der Waals surface area (Å²) in [5.74, 6) is 1.07. The zero-order chi connectivity index (χ0) is 22.2. The van der Waals surface area contributed by atoms with Crippen LogP contribution in [-0.2, 0) is 21.3 Å². The molecular formula is C23H32ClN3O3S. The van der Waals surface area contributed by atoms with Crippen molar-refractivity contribution in [3.8, 4) is 11.5 Å². The SMILES string of the molecule is Cc1oc(-c2ccc(Cl)cc2)nc1C[S@@](=O)CC(=O)NCCCN(C)C1CCCCC1. The van der Waals surface area contributed by atoms with Crippen LogP contribution in [0.15, 0.2) is 28.7 Å². The van der Waals surface area contributed by atoms with Gasteiger partial charge in [0.15, 0.2) is 0 Å². The molecule has 0 aliphatic heterocycles. The number of hydrogen-bond donors (Lipinski definition) is 1. The van der Waals surface area contributed by atoms with Crippen LogP contribution >= 0.6 is 11.6 Å². The number of benzene rings is 1. The largest absolute Gasteiger partial charge is 0.441 e. The number of carbonyl (C=O) groups excluding carboxylic acids is 1. The second kappa shape index (κ2) is 11.8. The molecule has 2 aromatic rings. The molecule has 31 heavy (non-hydrogen) atoms. The van der Waals surface area contributed by atoms with E-state index in [1.54, 1.807) is 19.1 Å². The Balaban J connectivity index is 1.39. The van der Waals surface area contributed by atoms with Gasteiger partial charge in [0.2, 0.25) is 11.8 Å². The van der Waals surface area contributed by atoms with Gasteiger partial charge in [-0.2, -0.15) is 0 Å². The van der Waals surface area contributed by atoms with E-state index in [2.05, 4.69) is 22.2 Å². The van der Waals surface area contributed by atoms with Crippen molar-refractivity contribution in [2.45, 2.75) is 57.2 Å². The summed E-state index contributed by atoms with van der Waals surface area (Å²) in [4.78, 5) is 19.0. The highest BCUT2D eigenvalue weighted by molar-refractivity contribution is 7.84. The molecule has 6 nitrogen and oxygen atoms in total. The topological polar surface area (TPSA) is 75.4 Å². The maximum Gasteiger partial charge on any atom is 0.232 e. The molecule has 170 valence electrons. The summed E-state index contributed by atoms with van der Waals surface area (Å²) >= 11 is 5.92. The number of amides is 1. The molecule has 0 bridgehead atoms. The second-order valence-electron chi connectivity index (χ2n) is 8.23. The van der Waals surface area contributed by atoms with E-state index in [-0.39, 0.29) is 17.4 Å². The van der Waals surface area contributed by atoms with Crippen LogP contribution < -0.4 is 5.32 Å². The summed E-state index contributed by atoms with van der Waals surface area (Å²) < 4.78 is 18.2. The molecule has 0 radical (unpaired) electrons. The Bertz CT molecular complexity index is 879. The molecule has 1 amide bonds. The van der Waals surface area contributed by atoms with Gasteiger partial charge in [-0.15, -0.1) is 0 Å². The van der Waals surface area contributed by atoms with Crippen LogP contribution in [0.2, 0.25) is 5.02 Å².